The molecule has 2 rings (SSSR count). The Balaban J connectivity index is 2.53. The van der Waals surface area contributed by atoms with Crippen LogP contribution in [0.25, 0.3) is 0 Å². The lowest BCUT2D eigenvalue weighted by atomic mass is 10.0. The van der Waals surface area contributed by atoms with Gasteiger partial charge in [0.15, 0.2) is 0 Å². The molecule has 5 nitrogen and oxygen atoms in total. The van der Waals surface area contributed by atoms with E-state index in [0.29, 0.717) is 28.4 Å². The molecule has 2 heterocycles. The van der Waals surface area contributed by atoms with Gasteiger partial charge >= 0.3 is 6.09 Å². The Morgan fingerprint density at radius 2 is 2.31 bits per heavy atom. The summed E-state index contributed by atoms with van der Waals surface area (Å²) < 4.78 is 0. The number of aryl methyl sites for hydroxylation is 1. The molecule has 0 aromatic carbocycles. The van der Waals surface area contributed by atoms with Crippen LogP contribution in [0.2, 0.25) is 5.15 Å². The number of imide groups is 1. The average molecular weight is 241 g/mol. The number of halogens is 1. The first-order valence-electron chi connectivity index (χ1n) is 4.71. The van der Waals surface area contributed by atoms with Crippen LogP contribution in [0, 0.1) is 6.92 Å². The zero-order valence-corrected chi connectivity index (χ0v) is 9.28. The molecule has 0 saturated heterocycles. The molecule has 0 unspecified atom stereocenters. The molecule has 0 spiro atoms. The first kappa shape index (κ1) is 10.9. The van der Waals surface area contributed by atoms with E-state index in [4.69, 9.17) is 16.7 Å². The number of nitrogens with zero attached hydrogens (tertiary/aromatic N) is 2. The van der Waals surface area contributed by atoms with Gasteiger partial charge < -0.3 is 5.11 Å². The summed E-state index contributed by atoms with van der Waals surface area (Å²) >= 11 is 5.78. The molecular formula is C10H9ClN2O3. The summed E-state index contributed by atoms with van der Waals surface area (Å²) in [6.45, 7) is 1.85. The lowest BCUT2D eigenvalue weighted by molar-refractivity contribution is 0.0724. The molecule has 16 heavy (non-hydrogen) atoms. The predicted molar refractivity (Wildman–Crippen MR) is 56.7 cm³/mol. The van der Waals surface area contributed by atoms with Gasteiger partial charge in [-0.15, -0.1) is 0 Å². The van der Waals surface area contributed by atoms with E-state index in [-0.39, 0.29) is 6.54 Å². The van der Waals surface area contributed by atoms with Crippen LogP contribution in [0.15, 0.2) is 6.07 Å². The summed E-state index contributed by atoms with van der Waals surface area (Å²) in [6.07, 6.45) is -0.820. The minimum absolute atomic E-state index is 0.133. The lowest BCUT2D eigenvalue weighted by Gasteiger charge is -2.24. The van der Waals surface area contributed by atoms with Crippen LogP contribution in [0.4, 0.5) is 4.79 Å². The van der Waals surface area contributed by atoms with E-state index < -0.39 is 12.0 Å². The molecule has 0 saturated carbocycles. The number of amides is 2. The van der Waals surface area contributed by atoms with Crippen molar-refractivity contribution in [1.29, 1.82) is 0 Å². The van der Waals surface area contributed by atoms with Crippen molar-refractivity contribution >= 4 is 23.6 Å². The summed E-state index contributed by atoms with van der Waals surface area (Å²) in [4.78, 5) is 27.5. The second kappa shape index (κ2) is 3.75. The van der Waals surface area contributed by atoms with Crippen LogP contribution in [-0.4, -0.2) is 33.5 Å². The fourth-order valence-corrected chi connectivity index (χ4v) is 2.07. The van der Waals surface area contributed by atoms with Crippen molar-refractivity contribution in [2.45, 2.75) is 13.3 Å². The van der Waals surface area contributed by atoms with E-state index >= 15 is 0 Å². The van der Waals surface area contributed by atoms with Gasteiger partial charge in [-0.1, -0.05) is 11.6 Å². The topological polar surface area (TPSA) is 70.5 Å². The number of pyridine rings is 1. The number of fused-ring (bicyclic) bond motifs is 1. The van der Waals surface area contributed by atoms with E-state index in [1.165, 1.54) is 0 Å². The highest BCUT2D eigenvalue weighted by molar-refractivity contribution is 6.29. The van der Waals surface area contributed by atoms with Crippen LogP contribution < -0.4 is 0 Å². The maximum Gasteiger partial charge on any atom is 0.414 e. The summed E-state index contributed by atoms with van der Waals surface area (Å²) in [6, 6.07) is 1.56. The molecule has 0 bridgehead atoms. The first-order chi connectivity index (χ1) is 7.50. The number of aromatic nitrogens is 1. The molecule has 0 atom stereocenters. The Kier molecular flexibility index (Phi) is 2.55. The van der Waals surface area contributed by atoms with Gasteiger partial charge in [-0.2, -0.15) is 0 Å². The molecular weight excluding hydrogens is 232 g/mol. The summed E-state index contributed by atoms with van der Waals surface area (Å²) in [7, 11) is 0. The van der Waals surface area contributed by atoms with Crippen LogP contribution in [0.5, 0.6) is 0 Å². The lowest BCUT2D eigenvalue weighted by Crippen LogP contribution is -2.42. The second-order valence-electron chi connectivity index (χ2n) is 3.57. The molecule has 1 N–H and O–H groups in total. The number of hydrogen-bond acceptors (Lipinski definition) is 3. The van der Waals surface area contributed by atoms with Gasteiger partial charge in [-0.25, -0.2) is 14.7 Å². The summed E-state index contributed by atoms with van der Waals surface area (Å²) in [5.41, 5.74) is 1.59. The van der Waals surface area contributed by atoms with Crippen molar-refractivity contribution in [3.63, 3.8) is 0 Å². The number of hydrogen-bond donors (Lipinski definition) is 1. The van der Waals surface area contributed by atoms with Crippen molar-refractivity contribution in [3.8, 4) is 0 Å². The fraction of sp³-hybridized carbons (Fsp3) is 0.300. The maximum absolute atomic E-state index is 11.9. The predicted octanol–water partition coefficient (Wildman–Crippen LogP) is 1.72. The third-order valence-corrected chi connectivity index (χ3v) is 2.72. The third-order valence-electron chi connectivity index (χ3n) is 2.52. The number of carbonyl (C=O) groups excluding carboxylic acids is 1. The van der Waals surface area contributed by atoms with Crippen molar-refractivity contribution in [2.24, 2.45) is 0 Å². The molecule has 1 aliphatic heterocycles. The van der Waals surface area contributed by atoms with Gasteiger partial charge in [-0.05, 0) is 18.6 Å². The molecule has 0 radical (unpaired) electrons. The smallest absolute Gasteiger partial charge is 0.414 e. The highest BCUT2D eigenvalue weighted by Crippen LogP contribution is 2.23. The van der Waals surface area contributed by atoms with Gasteiger partial charge in [0.25, 0.3) is 5.91 Å². The van der Waals surface area contributed by atoms with E-state index in [1.807, 2.05) is 0 Å². The second-order valence-corrected chi connectivity index (χ2v) is 3.96. The van der Waals surface area contributed by atoms with E-state index in [1.54, 1.807) is 13.0 Å². The van der Waals surface area contributed by atoms with Crippen LogP contribution in [-0.2, 0) is 6.42 Å². The van der Waals surface area contributed by atoms with Gasteiger partial charge in [0.2, 0.25) is 0 Å². The monoisotopic (exact) mass is 240 g/mol. The highest BCUT2D eigenvalue weighted by atomic mass is 35.5. The van der Waals surface area contributed by atoms with Crippen molar-refractivity contribution in [3.05, 3.63) is 28.0 Å². The summed E-state index contributed by atoms with van der Waals surface area (Å²) in [5.74, 6) is -0.518. The molecule has 84 valence electrons. The Morgan fingerprint density at radius 1 is 1.62 bits per heavy atom. The highest BCUT2D eigenvalue weighted by Gasteiger charge is 2.31. The normalized spacial score (nSPS) is 14.9. The molecule has 2 amide bonds. The van der Waals surface area contributed by atoms with E-state index in [2.05, 4.69) is 4.98 Å². The SMILES string of the molecule is Cc1cc(Cl)nc2c1C(=O)N(C(=O)O)CC2. The Bertz CT molecular complexity index is 487. The van der Waals surface area contributed by atoms with Crippen molar-refractivity contribution < 1.29 is 14.7 Å². The van der Waals surface area contributed by atoms with Gasteiger partial charge in [0.1, 0.15) is 5.15 Å². The third kappa shape index (κ3) is 1.63. The Labute approximate surface area is 96.7 Å². The van der Waals surface area contributed by atoms with Crippen LogP contribution >= 0.6 is 11.6 Å². The van der Waals surface area contributed by atoms with Crippen molar-refractivity contribution in [2.75, 3.05) is 6.54 Å². The van der Waals surface area contributed by atoms with E-state index in [9.17, 15) is 9.59 Å². The summed E-state index contributed by atoms with van der Waals surface area (Å²) in [5, 5.41) is 9.17. The molecule has 1 aromatic rings. The van der Waals surface area contributed by atoms with Crippen LogP contribution in [0.1, 0.15) is 21.6 Å². The molecule has 0 aliphatic carbocycles. The van der Waals surface area contributed by atoms with Gasteiger partial charge in [-0.3, -0.25) is 4.79 Å². The van der Waals surface area contributed by atoms with Crippen molar-refractivity contribution in [1.82, 2.24) is 9.88 Å². The van der Waals surface area contributed by atoms with Gasteiger partial charge in [0, 0.05) is 13.0 Å². The molecule has 0 fully saturated rings. The quantitative estimate of drug-likeness (QED) is 0.701. The van der Waals surface area contributed by atoms with Crippen LogP contribution in [0.3, 0.4) is 0 Å². The van der Waals surface area contributed by atoms with E-state index in [0.717, 1.165) is 4.90 Å². The Hall–Kier alpha value is -1.62. The minimum Gasteiger partial charge on any atom is -0.465 e. The largest absolute Gasteiger partial charge is 0.465 e. The maximum atomic E-state index is 11.9. The minimum atomic E-state index is -1.23. The fourth-order valence-electron chi connectivity index (χ4n) is 1.81. The number of carbonyl (C=O) groups is 2. The molecule has 1 aliphatic rings. The zero-order chi connectivity index (χ0) is 11.9. The number of rotatable bonds is 0. The average Bonchev–Trinajstić information content (AvgIpc) is 2.15. The number of carboxylic acid groups (broad SMARTS) is 1. The first-order valence-corrected chi connectivity index (χ1v) is 5.09. The standard InChI is InChI=1S/C10H9ClN2O3/c1-5-4-7(11)12-6-2-3-13(10(15)16)9(14)8(5)6/h4H,2-3H2,1H3,(H,15,16). The molecule has 1 aromatic heterocycles. The van der Waals surface area contributed by atoms with Gasteiger partial charge in [0.05, 0.1) is 11.3 Å². The zero-order valence-electron chi connectivity index (χ0n) is 8.53. The Morgan fingerprint density at radius 3 is 2.94 bits per heavy atom. The molecule has 6 heteroatoms.